The third-order valence-electron chi connectivity index (χ3n) is 4.82. The molecule has 1 amide bonds. The van der Waals surface area contributed by atoms with E-state index in [1.807, 2.05) is 12.1 Å². The summed E-state index contributed by atoms with van der Waals surface area (Å²) in [6.45, 7) is 1.08. The lowest BCUT2D eigenvalue weighted by Crippen LogP contribution is -2.26. The van der Waals surface area contributed by atoms with Crippen molar-refractivity contribution in [2.45, 2.75) is 19.3 Å². The van der Waals surface area contributed by atoms with Crippen molar-refractivity contribution in [1.82, 2.24) is 25.7 Å². The lowest BCUT2D eigenvalue weighted by Gasteiger charge is -2.08. The molecule has 0 aliphatic carbocycles. The van der Waals surface area contributed by atoms with E-state index in [1.165, 1.54) is 0 Å². The number of aromatic hydroxyl groups is 1. The maximum Gasteiger partial charge on any atom is 0.272 e. The van der Waals surface area contributed by atoms with Crippen LogP contribution in [0.5, 0.6) is 5.75 Å². The van der Waals surface area contributed by atoms with E-state index in [1.54, 1.807) is 36.4 Å². The quantitative estimate of drug-likeness (QED) is 0.293. The molecule has 10 nitrogen and oxygen atoms in total. The Morgan fingerprint density at radius 1 is 1.06 bits per heavy atom. The number of aromatic amines is 1. The highest BCUT2D eigenvalue weighted by atomic mass is 16.5. The molecular formula is C22H22N6O4. The fourth-order valence-electron chi connectivity index (χ4n) is 3.17. The van der Waals surface area contributed by atoms with Crippen LogP contribution in [-0.4, -0.2) is 44.4 Å². The summed E-state index contributed by atoms with van der Waals surface area (Å²) >= 11 is 0. The van der Waals surface area contributed by atoms with E-state index in [0.717, 1.165) is 10.9 Å². The van der Waals surface area contributed by atoms with Crippen molar-refractivity contribution >= 4 is 22.5 Å². The van der Waals surface area contributed by atoms with Gasteiger partial charge in [0.05, 0.1) is 5.39 Å². The van der Waals surface area contributed by atoms with Crippen LogP contribution in [0.25, 0.3) is 22.2 Å². The van der Waals surface area contributed by atoms with Gasteiger partial charge in [0.1, 0.15) is 5.75 Å². The number of nitrogens with one attached hydrogen (secondary N) is 3. The minimum atomic E-state index is -0.227. The van der Waals surface area contributed by atoms with Crippen molar-refractivity contribution < 1.29 is 14.4 Å². The first-order chi connectivity index (χ1) is 15.6. The number of aryl methyl sites for hydroxylation is 1. The van der Waals surface area contributed by atoms with E-state index in [-0.39, 0.29) is 23.6 Å². The van der Waals surface area contributed by atoms with Gasteiger partial charge in [-0.05, 0) is 36.8 Å². The van der Waals surface area contributed by atoms with Crippen molar-refractivity contribution in [3.05, 3.63) is 64.8 Å². The Kier molecular flexibility index (Phi) is 6.40. The van der Waals surface area contributed by atoms with Gasteiger partial charge in [0.25, 0.3) is 5.56 Å². The van der Waals surface area contributed by atoms with Crippen LogP contribution in [0, 0.1) is 0 Å². The van der Waals surface area contributed by atoms with Gasteiger partial charge in [-0.15, -0.1) is 0 Å². The number of amides is 1. The molecule has 0 spiro atoms. The van der Waals surface area contributed by atoms with E-state index in [4.69, 9.17) is 4.52 Å². The van der Waals surface area contributed by atoms with Gasteiger partial charge in [0, 0.05) is 36.9 Å². The molecule has 4 N–H and O–H groups in total. The summed E-state index contributed by atoms with van der Waals surface area (Å²) in [6.07, 6.45) is 1.26. The number of rotatable bonds is 9. The predicted octanol–water partition coefficient (Wildman–Crippen LogP) is 2.23. The Hall–Kier alpha value is -4.21. The number of benzene rings is 2. The normalized spacial score (nSPS) is 10.9. The molecule has 0 fully saturated rings. The van der Waals surface area contributed by atoms with Crippen LogP contribution in [0.15, 0.2) is 57.8 Å². The molecule has 2 aromatic carbocycles. The van der Waals surface area contributed by atoms with Crippen LogP contribution in [0.4, 0.5) is 5.82 Å². The van der Waals surface area contributed by atoms with Gasteiger partial charge in [-0.2, -0.15) is 10.1 Å². The predicted molar refractivity (Wildman–Crippen MR) is 118 cm³/mol. The number of H-pyrrole nitrogens is 1. The summed E-state index contributed by atoms with van der Waals surface area (Å²) < 4.78 is 5.19. The van der Waals surface area contributed by atoms with E-state index in [2.05, 4.69) is 31.0 Å². The number of nitrogens with zero attached hydrogens (tertiary/aromatic N) is 3. The largest absolute Gasteiger partial charge is 0.508 e. The number of hydrogen-bond acceptors (Lipinski definition) is 8. The molecule has 2 aromatic heterocycles. The Bertz CT molecular complexity index is 1270. The molecule has 0 aliphatic heterocycles. The van der Waals surface area contributed by atoms with Crippen molar-refractivity contribution in [2.75, 3.05) is 18.4 Å². The summed E-state index contributed by atoms with van der Waals surface area (Å²) in [5, 5.41) is 27.2. The number of carbonyl (C=O) groups is 1. The summed E-state index contributed by atoms with van der Waals surface area (Å²) in [4.78, 5) is 28.2. The second-order valence-electron chi connectivity index (χ2n) is 7.14. The number of carbonyl (C=O) groups excluding carboxylic acids is 1. The van der Waals surface area contributed by atoms with Crippen LogP contribution in [0.2, 0.25) is 0 Å². The van der Waals surface area contributed by atoms with Crippen molar-refractivity contribution in [3.8, 4) is 17.1 Å². The van der Waals surface area contributed by atoms with Gasteiger partial charge in [-0.25, -0.2) is 5.10 Å². The van der Waals surface area contributed by atoms with Gasteiger partial charge in [0.15, 0.2) is 5.82 Å². The van der Waals surface area contributed by atoms with Crippen molar-refractivity contribution in [2.24, 2.45) is 0 Å². The summed E-state index contributed by atoms with van der Waals surface area (Å²) in [6, 6.07) is 13.7. The number of aromatic nitrogens is 4. The number of anilines is 1. The molecule has 0 saturated heterocycles. The molecule has 0 unspecified atom stereocenters. The zero-order valence-electron chi connectivity index (χ0n) is 17.2. The average molecular weight is 434 g/mol. The maximum absolute atomic E-state index is 12.1. The molecule has 4 rings (SSSR count). The van der Waals surface area contributed by atoms with Gasteiger partial charge < -0.3 is 20.3 Å². The third kappa shape index (κ3) is 5.09. The molecule has 0 radical (unpaired) electrons. The molecule has 10 heteroatoms. The summed E-state index contributed by atoms with van der Waals surface area (Å²) in [5.41, 5.74) is 0.495. The molecule has 164 valence electrons. The number of hydrogen-bond donors (Lipinski definition) is 4. The lowest BCUT2D eigenvalue weighted by molar-refractivity contribution is -0.121. The van der Waals surface area contributed by atoms with Crippen LogP contribution in [-0.2, 0) is 11.2 Å². The highest BCUT2D eigenvalue weighted by Crippen LogP contribution is 2.19. The molecular weight excluding hydrogens is 412 g/mol. The molecule has 0 atom stereocenters. The van der Waals surface area contributed by atoms with Crippen LogP contribution in [0.3, 0.4) is 0 Å². The first-order valence-corrected chi connectivity index (χ1v) is 10.2. The topological polar surface area (TPSA) is 146 Å². The Morgan fingerprint density at radius 2 is 1.84 bits per heavy atom. The van der Waals surface area contributed by atoms with E-state index < -0.39 is 0 Å². The second-order valence-corrected chi connectivity index (χ2v) is 7.14. The van der Waals surface area contributed by atoms with E-state index in [9.17, 15) is 14.7 Å². The minimum absolute atomic E-state index is 0.109. The Morgan fingerprint density at radius 3 is 2.66 bits per heavy atom. The molecule has 0 saturated carbocycles. The zero-order chi connectivity index (χ0) is 22.3. The number of fused-ring (bicyclic) bond motifs is 1. The number of phenols is 1. The first-order valence-electron chi connectivity index (χ1n) is 10.2. The fourth-order valence-corrected chi connectivity index (χ4v) is 3.17. The lowest BCUT2D eigenvalue weighted by atomic mass is 10.2. The number of phenolic OH excluding ortho intramolecular Hbond substituents is 1. The monoisotopic (exact) mass is 434 g/mol. The van der Waals surface area contributed by atoms with Gasteiger partial charge in [-0.3, -0.25) is 9.59 Å². The van der Waals surface area contributed by atoms with E-state index in [0.29, 0.717) is 48.9 Å². The van der Waals surface area contributed by atoms with Crippen LogP contribution in [0.1, 0.15) is 18.7 Å². The Balaban J connectivity index is 1.18. The smallest absolute Gasteiger partial charge is 0.272 e. The Labute approximate surface area is 182 Å². The highest BCUT2D eigenvalue weighted by Gasteiger charge is 2.11. The van der Waals surface area contributed by atoms with Gasteiger partial charge in [0.2, 0.25) is 17.6 Å². The first kappa shape index (κ1) is 21.0. The maximum atomic E-state index is 12.1. The fraction of sp³-hybridized carbons (Fsp3) is 0.227. The van der Waals surface area contributed by atoms with Gasteiger partial charge in [-0.1, -0.05) is 23.4 Å². The molecule has 32 heavy (non-hydrogen) atoms. The summed E-state index contributed by atoms with van der Waals surface area (Å²) in [5.74, 6) is 1.44. The molecule has 0 bridgehead atoms. The average Bonchev–Trinajstić information content (AvgIpc) is 3.28. The van der Waals surface area contributed by atoms with Crippen LogP contribution >= 0.6 is 0 Å². The van der Waals surface area contributed by atoms with Crippen LogP contribution < -0.4 is 16.2 Å². The van der Waals surface area contributed by atoms with Crippen molar-refractivity contribution in [3.63, 3.8) is 0 Å². The summed E-state index contributed by atoms with van der Waals surface area (Å²) in [7, 11) is 0. The van der Waals surface area contributed by atoms with Crippen molar-refractivity contribution in [1.29, 1.82) is 0 Å². The standard InChI is InChI=1S/C22H22N6O4/c29-15-8-6-14(7-9-15)20-25-19(32-28-20)11-10-18(30)23-12-3-13-24-21-16-4-1-2-5-17(16)22(31)27-26-21/h1-2,4-9,29H,3,10-13H2,(H,23,30)(H,24,26)(H,27,31). The SMILES string of the molecule is O=C(CCc1nc(-c2ccc(O)cc2)no1)NCCCNc1n[nH]c(=O)c2ccccc12. The minimum Gasteiger partial charge on any atom is -0.508 e. The van der Waals surface area contributed by atoms with E-state index >= 15 is 0 Å². The second kappa shape index (κ2) is 9.73. The molecule has 0 aliphatic rings. The molecule has 2 heterocycles. The zero-order valence-corrected chi connectivity index (χ0v) is 17.2. The third-order valence-corrected chi connectivity index (χ3v) is 4.82. The van der Waals surface area contributed by atoms with Gasteiger partial charge >= 0.3 is 0 Å². The molecule has 4 aromatic rings. The highest BCUT2D eigenvalue weighted by molar-refractivity contribution is 5.90.